The van der Waals surface area contributed by atoms with Crippen LogP contribution in [0.4, 0.5) is 4.39 Å². The standard InChI is InChI=1S/C17H13FO2/c18-16-4-1-13(2-5-16)14-3-6-17-15(10-14)9-12(11-19)7-8-20-17/h1-6,9-11H,7-8H2. The monoisotopic (exact) mass is 268 g/mol. The minimum atomic E-state index is -0.255. The average molecular weight is 268 g/mol. The highest BCUT2D eigenvalue weighted by molar-refractivity contribution is 5.84. The van der Waals surface area contributed by atoms with E-state index in [1.807, 2.05) is 24.3 Å². The lowest BCUT2D eigenvalue weighted by Gasteiger charge is -2.08. The predicted molar refractivity (Wildman–Crippen MR) is 76.0 cm³/mol. The summed E-state index contributed by atoms with van der Waals surface area (Å²) in [7, 11) is 0. The van der Waals surface area contributed by atoms with E-state index >= 15 is 0 Å². The van der Waals surface area contributed by atoms with Gasteiger partial charge in [0.2, 0.25) is 0 Å². The molecule has 1 heterocycles. The maximum absolute atomic E-state index is 13.0. The maximum Gasteiger partial charge on any atom is 0.146 e. The van der Waals surface area contributed by atoms with E-state index in [2.05, 4.69) is 0 Å². The van der Waals surface area contributed by atoms with Gasteiger partial charge >= 0.3 is 0 Å². The fraction of sp³-hybridized carbons (Fsp3) is 0.118. The van der Waals surface area contributed by atoms with Crippen molar-refractivity contribution in [2.45, 2.75) is 6.42 Å². The van der Waals surface area contributed by atoms with Crippen molar-refractivity contribution >= 4 is 12.4 Å². The summed E-state index contributed by atoms with van der Waals surface area (Å²) in [5, 5.41) is 0. The molecule has 0 aliphatic carbocycles. The zero-order valence-corrected chi connectivity index (χ0v) is 10.8. The molecule has 1 aliphatic rings. The van der Waals surface area contributed by atoms with E-state index in [4.69, 9.17) is 4.74 Å². The first-order chi connectivity index (χ1) is 9.76. The van der Waals surface area contributed by atoms with Gasteiger partial charge in [-0.3, -0.25) is 4.79 Å². The molecule has 0 radical (unpaired) electrons. The average Bonchev–Trinajstić information content (AvgIpc) is 2.69. The molecule has 0 fully saturated rings. The highest BCUT2D eigenvalue weighted by Crippen LogP contribution is 2.30. The quantitative estimate of drug-likeness (QED) is 0.773. The molecule has 0 aromatic heterocycles. The lowest BCUT2D eigenvalue weighted by molar-refractivity contribution is -0.105. The molecule has 0 saturated heterocycles. The van der Waals surface area contributed by atoms with E-state index < -0.39 is 0 Å². The van der Waals surface area contributed by atoms with Crippen LogP contribution in [-0.2, 0) is 4.79 Å². The van der Waals surface area contributed by atoms with Crippen molar-refractivity contribution in [3.05, 3.63) is 59.4 Å². The molecule has 1 aliphatic heterocycles. The Balaban J connectivity index is 2.05. The summed E-state index contributed by atoms with van der Waals surface area (Å²) in [6.07, 6.45) is 3.33. The van der Waals surface area contributed by atoms with Crippen LogP contribution >= 0.6 is 0 Å². The number of halogens is 1. The van der Waals surface area contributed by atoms with Crippen LogP contribution < -0.4 is 4.74 Å². The third-order valence-electron chi connectivity index (χ3n) is 3.33. The normalized spacial score (nSPS) is 13.8. The number of ether oxygens (including phenoxy) is 1. The minimum Gasteiger partial charge on any atom is -0.493 e. The van der Waals surface area contributed by atoms with Gasteiger partial charge in [0.15, 0.2) is 0 Å². The number of carbonyl (C=O) groups is 1. The van der Waals surface area contributed by atoms with Crippen LogP contribution in [0.1, 0.15) is 12.0 Å². The second-order valence-corrected chi connectivity index (χ2v) is 4.70. The van der Waals surface area contributed by atoms with Crippen LogP contribution in [-0.4, -0.2) is 12.9 Å². The molecular formula is C17H13FO2. The number of aldehydes is 1. The Hall–Kier alpha value is -2.42. The lowest BCUT2D eigenvalue weighted by atomic mass is 10.0. The summed E-state index contributed by atoms with van der Waals surface area (Å²) in [5.41, 5.74) is 3.50. The fourth-order valence-electron chi connectivity index (χ4n) is 2.26. The Bertz CT molecular complexity index is 672. The van der Waals surface area contributed by atoms with Crippen molar-refractivity contribution in [3.63, 3.8) is 0 Å². The summed E-state index contributed by atoms with van der Waals surface area (Å²) < 4.78 is 18.6. The van der Waals surface area contributed by atoms with Gasteiger partial charge in [-0.05, 0) is 47.0 Å². The van der Waals surface area contributed by atoms with Gasteiger partial charge in [0.25, 0.3) is 0 Å². The van der Waals surface area contributed by atoms with Gasteiger partial charge in [0.1, 0.15) is 17.9 Å². The van der Waals surface area contributed by atoms with Crippen LogP contribution in [0.15, 0.2) is 48.0 Å². The van der Waals surface area contributed by atoms with Crippen LogP contribution in [0.25, 0.3) is 17.2 Å². The number of rotatable bonds is 2. The van der Waals surface area contributed by atoms with Crippen LogP contribution in [0.5, 0.6) is 5.75 Å². The van der Waals surface area contributed by atoms with Crippen molar-refractivity contribution < 1.29 is 13.9 Å². The van der Waals surface area contributed by atoms with Gasteiger partial charge in [0, 0.05) is 12.0 Å². The van der Waals surface area contributed by atoms with Gasteiger partial charge in [-0.1, -0.05) is 18.2 Å². The SMILES string of the molecule is O=CC1=Cc2cc(-c3ccc(F)cc3)ccc2OCC1. The molecule has 3 heteroatoms. The first-order valence-electron chi connectivity index (χ1n) is 6.45. The Labute approximate surface area is 116 Å². The van der Waals surface area contributed by atoms with Crippen molar-refractivity contribution in [3.8, 4) is 16.9 Å². The number of hydrogen-bond donors (Lipinski definition) is 0. The molecule has 3 rings (SSSR count). The molecule has 0 saturated carbocycles. The fourth-order valence-corrected chi connectivity index (χ4v) is 2.26. The van der Waals surface area contributed by atoms with E-state index in [1.54, 1.807) is 12.1 Å². The van der Waals surface area contributed by atoms with Gasteiger partial charge in [-0.25, -0.2) is 4.39 Å². The summed E-state index contributed by atoms with van der Waals surface area (Å²) in [6, 6.07) is 12.1. The van der Waals surface area contributed by atoms with E-state index in [-0.39, 0.29) is 5.82 Å². The van der Waals surface area contributed by atoms with E-state index in [0.717, 1.165) is 34.3 Å². The summed E-state index contributed by atoms with van der Waals surface area (Å²) >= 11 is 0. The van der Waals surface area contributed by atoms with E-state index in [0.29, 0.717) is 13.0 Å². The Morgan fingerprint density at radius 2 is 1.80 bits per heavy atom. The van der Waals surface area contributed by atoms with Gasteiger partial charge < -0.3 is 4.74 Å². The second kappa shape index (κ2) is 5.29. The highest BCUT2D eigenvalue weighted by Gasteiger charge is 2.10. The Morgan fingerprint density at radius 3 is 2.55 bits per heavy atom. The number of benzene rings is 2. The molecule has 2 nitrogen and oxygen atoms in total. The Kier molecular flexibility index (Phi) is 3.33. The van der Waals surface area contributed by atoms with Crippen molar-refractivity contribution in [2.24, 2.45) is 0 Å². The van der Waals surface area contributed by atoms with Crippen molar-refractivity contribution in [2.75, 3.05) is 6.61 Å². The molecule has 0 N–H and O–H groups in total. The first kappa shape index (κ1) is 12.6. The topological polar surface area (TPSA) is 26.3 Å². The molecular weight excluding hydrogens is 255 g/mol. The molecule has 0 unspecified atom stereocenters. The van der Waals surface area contributed by atoms with Gasteiger partial charge in [0.05, 0.1) is 6.61 Å². The third-order valence-corrected chi connectivity index (χ3v) is 3.33. The smallest absolute Gasteiger partial charge is 0.146 e. The summed E-state index contributed by atoms with van der Waals surface area (Å²) in [6.45, 7) is 0.507. The molecule has 2 aromatic rings. The Morgan fingerprint density at radius 1 is 1.05 bits per heavy atom. The molecule has 0 amide bonds. The zero-order valence-electron chi connectivity index (χ0n) is 10.8. The van der Waals surface area contributed by atoms with Crippen molar-refractivity contribution in [1.29, 1.82) is 0 Å². The van der Waals surface area contributed by atoms with E-state index in [1.165, 1.54) is 12.1 Å². The number of hydrogen-bond acceptors (Lipinski definition) is 2. The molecule has 2 aromatic carbocycles. The van der Waals surface area contributed by atoms with Gasteiger partial charge in [-0.15, -0.1) is 0 Å². The number of carbonyl (C=O) groups excluding carboxylic acids is 1. The van der Waals surface area contributed by atoms with Crippen LogP contribution in [0.2, 0.25) is 0 Å². The molecule has 20 heavy (non-hydrogen) atoms. The van der Waals surface area contributed by atoms with Gasteiger partial charge in [-0.2, -0.15) is 0 Å². The molecule has 0 bridgehead atoms. The largest absolute Gasteiger partial charge is 0.493 e. The molecule has 0 spiro atoms. The van der Waals surface area contributed by atoms with Crippen LogP contribution in [0, 0.1) is 5.82 Å². The third kappa shape index (κ3) is 2.48. The minimum absolute atomic E-state index is 0.255. The lowest BCUT2D eigenvalue weighted by Crippen LogP contribution is -1.97. The van der Waals surface area contributed by atoms with E-state index in [9.17, 15) is 9.18 Å². The van der Waals surface area contributed by atoms with Crippen LogP contribution in [0.3, 0.4) is 0 Å². The number of fused-ring (bicyclic) bond motifs is 1. The molecule has 100 valence electrons. The zero-order chi connectivity index (χ0) is 13.9. The highest BCUT2D eigenvalue weighted by atomic mass is 19.1. The summed E-state index contributed by atoms with van der Waals surface area (Å²) in [5.74, 6) is 0.516. The van der Waals surface area contributed by atoms with Crippen molar-refractivity contribution in [1.82, 2.24) is 0 Å². The maximum atomic E-state index is 13.0. The second-order valence-electron chi connectivity index (χ2n) is 4.70. The predicted octanol–water partition coefficient (Wildman–Crippen LogP) is 3.86. The summed E-state index contributed by atoms with van der Waals surface area (Å²) in [4.78, 5) is 10.9. The molecule has 0 atom stereocenters. The first-order valence-corrected chi connectivity index (χ1v) is 6.45.